The van der Waals surface area contributed by atoms with Gasteiger partial charge in [0, 0.05) is 63.4 Å². The Kier molecular flexibility index (Phi) is 5.44. The van der Waals surface area contributed by atoms with Gasteiger partial charge in [0.05, 0.1) is 11.4 Å². The number of pyridine rings is 1. The molecule has 1 N–H and O–H groups in total. The number of nitrogens with zero attached hydrogens (tertiary/aromatic N) is 6. The summed E-state index contributed by atoms with van der Waals surface area (Å²) in [6.45, 7) is 8.21. The molecule has 8 nitrogen and oxygen atoms in total. The minimum absolute atomic E-state index is 0.0109. The summed E-state index contributed by atoms with van der Waals surface area (Å²) in [5.41, 5.74) is 5.54. The highest BCUT2D eigenvalue weighted by atomic mass is 16.2. The Hall–Kier alpha value is -3.00. The van der Waals surface area contributed by atoms with E-state index in [0.717, 1.165) is 61.8 Å². The minimum atomic E-state index is 0.0109. The SMILES string of the molecule is Cc1nn(C)c(C)c1-c1cc(C(=O)N2CCN(CCc3ccncc3)CC2)[nH]n1. The smallest absolute Gasteiger partial charge is 0.271 e. The molecule has 4 heterocycles. The summed E-state index contributed by atoms with van der Waals surface area (Å²) in [4.78, 5) is 21.3. The fraction of sp³-hybridized carbons (Fsp3) is 0.429. The Balaban J connectivity index is 1.35. The van der Waals surface area contributed by atoms with Crippen molar-refractivity contribution >= 4 is 5.91 Å². The van der Waals surface area contributed by atoms with Crippen LogP contribution in [0.1, 0.15) is 27.4 Å². The normalized spacial score (nSPS) is 15.1. The van der Waals surface area contributed by atoms with Gasteiger partial charge in [0.1, 0.15) is 5.69 Å². The number of rotatable bonds is 5. The molecule has 3 aromatic rings. The number of hydrogen-bond donors (Lipinski definition) is 1. The molecule has 1 aliphatic rings. The van der Waals surface area contributed by atoms with E-state index >= 15 is 0 Å². The van der Waals surface area contributed by atoms with Gasteiger partial charge in [-0.05, 0) is 44.0 Å². The van der Waals surface area contributed by atoms with Crippen LogP contribution in [-0.2, 0) is 13.5 Å². The Labute approximate surface area is 170 Å². The van der Waals surface area contributed by atoms with Crippen LogP contribution in [0.4, 0.5) is 0 Å². The summed E-state index contributed by atoms with van der Waals surface area (Å²) in [7, 11) is 1.92. The van der Waals surface area contributed by atoms with Gasteiger partial charge in [-0.25, -0.2) is 0 Å². The van der Waals surface area contributed by atoms with E-state index in [0.29, 0.717) is 5.69 Å². The van der Waals surface area contributed by atoms with Gasteiger partial charge in [-0.3, -0.25) is 24.5 Å². The zero-order valence-corrected chi connectivity index (χ0v) is 17.2. The molecule has 8 heteroatoms. The quantitative estimate of drug-likeness (QED) is 0.715. The number of hydrogen-bond acceptors (Lipinski definition) is 5. The van der Waals surface area contributed by atoms with Crippen molar-refractivity contribution in [3.8, 4) is 11.3 Å². The molecule has 1 aliphatic heterocycles. The zero-order valence-electron chi connectivity index (χ0n) is 17.2. The van der Waals surface area contributed by atoms with Crippen LogP contribution in [-0.4, -0.2) is 73.4 Å². The number of nitrogens with one attached hydrogen (secondary N) is 1. The lowest BCUT2D eigenvalue weighted by Crippen LogP contribution is -2.49. The first-order chi connectivity index (χ1) is 14.0. The first-order valence-corrected chi connectivity index (χ1v) is 9.99. The molecule has 1 amide bonds. The number of piperazine rings is 1. The summed E-state index contributed by atoms with van der Waals surface area (Å²) in [6.07, 6.45) is 4.67. The fourth-order valence-corrected chi connectivity index (χ4v) is 3.89. The summed E-state index contributed by atoms with van der Waals surface area (Å²) in [5.74, 6) is 0.0109. The van der Waals surface area contributed by atoms with Crippen molar-refractivity contribution in [2.24, 2.45) is 7.05 Å². The minimum Gasteiger partial charge on any atom is -0.335 e. The standard InChI is InChI=1S/C21H27N7O/c1-15-20(16(2)26(3)25-15)18-14-19(24-23-18)21(29)28-12-10-27(11-13-28)9-6-17-4-7-22-8-5-17/h4-5,7-8,14H,6,9-13H2,1-3H3,(H,23,24). The van der Waals surface area contributed by atoms with Crippen molar-refractivity contribution in [2.45, 2.75) is 20.3 Å². The number of amides is 1. The van der Waals surface area contributed by atoms with Crippen LogP contribution in [0.25, 0.3) is 11.3 Å². The van der Waals surface area contributed by atoms with Crippen LogP contribution in [0.2, 0.25) is 0 Å². The van der Waals surface area contributed by atoms with Crippen molar-refractivity contribution in [3.05, 3.63) is 53.2 Å². The molecule has 0 atom stereocenters. The summed E-state index contributed by atoms with van der Waals surface area (Å²) < 4.78 is 1.84. The van der Waals surface area contributed by atoms with E-state index in [2.05, 4.69) is 37.3 Å². The molecule has 3 aromatic heterocycles. The van der Waals surface area contributed by atoms with Gasteiger partial charge >= 0.3 is 0 Å². The lowest BCUT2D eigenvalue weighted by atomic mass is 10.1. The highest BCUT2D eigenvalue weighted by molar-refractivity contribution is 5.93. The lowest BCUT2D eigenvalue weighted by Gasteiger charge is -2.34. The van der Waals surface area contributed by atoms with Gasteiger partial charge in [-0.15, -0.1) is 0 Å². The predicted molar refractivity (Wildman–Crippen MR) is 111 cm³/mol. The van der Waals surface area contributed by atoms with Gasteiger partial charge in [0.15, 0.2) is 0 Å². The van der Waals surface area contributed by atoms with Gasteiger partial charge in [0.2, 0.25) is 0 Å². The van der Waals surface area contributed by atoms with Crippen molar-refractivity contribution in [2.75, 3.05) is 32.7 Å². The van der Waals surface area contributed by atoms with E-state index in [9.17, 15) is 4.79 Å². The maximum Gasteiger partial charge on any atom is 0.271 e. The summed E-state index contributed by atoms with van der Waals surface area (Å²) in [6, 6.07) is 5.96. The monoisotopic (exact) mass is 393 g/mol. The second-order valence-corrected chi connectivity index (χ2v) is 7.58. The van der Waals surface area contributed by atoms with Gasteiger partial charge in [0.25, 0.3) is 5.91 Å². The van der Waals surface area contributed by atoms with Crippen LogP contribution >= 0.6 is 0 Å². The van der Waals surface area contributed by atoms with Gasteiger partial charge < -0.3 is 4.90 Å². The number of H-pyrrole nitrogens is 1. The highest BCUT2D eigenvalue weighted by Gasteiger charge is 2.24. The first-order valence-electron chi connectivity index (χ1n) is 9.99. The number of aryl methyl sites for hydroxylation is 2. The Bertz CT molecular complexity index is 984. The number of carbonyl (C=O) groups is 1. The molecule has 4 rings (SSSR count). The third-order valence-corrected chi connectivity index (χ3v) is 5.70. The van der Waals surface area contributed by atoms with E-state index in [1.807, 2.05) is 48.9 Å². The van der Waals surface area contributed by atoms with Crippen molar-refractivity contribution in [3.63, 3.8) is 0 Å². The van der Waals surface area contributed by atoms with Crippen LogP contribution in [0.3, 0.4) is 0 Å². The third-order valence-electron chi connectivity index (χ3n) is 5.70. The van der Waals surface area contributed by atoms with Crippen LogP contribution in [0, 0.1) is 13.8 Å². The highest BCUT2D eigenvalue weighted by Crippen LogP contribution is 2.25. The van der Waals surface area contributed by atoms with Crippen LogP contribution in [0.5, 0.6) is 0 Å². The second-order valence-electron chi connectivity index (χ2n) is 7.58. The van der Waals surface area contributed by atoms with Crippen molar-refractivity contribution < 1.29 is 4.79 Å². The van der Waals surface area contributed by atoms with E-state index in [-0.39, 0.29) is 5.91 Å². The van der Waals surface area contributed by atoms with Crippen molar-refractivity contribution in [1.82, 2.24) is 34.8 Å². The zero-order chi connectivity index (χ0) is 20.4. The molecule has 29 heavy (non-hydrogen) atoms. The number of aromatic nitrogens is 5. The van der Waals surface area contributed by atoms with Crippen molar-refractivity contribution in [1.29, 1.82) is 0 Å². The topological polar surface area (TPSA) is 82.9 Å². The molecule has 0 aliphatic carbocycles. The lowest BCUT2D eigenvalue weighted by molar-refractivity contribution is 0.0632. The Morgan fingerprint density at radius 1 is 1.14 bits per heavy atom. The number of aromatic amines is 1. The largest absolute Gasteiger partial charge is 0.335 e. The summed E-state index contributed by atoms with van der Waals surface area (Å²) >= 11 is 0. The molecule has 152 valence electrons. The van der Waals surface area contributed by atoms with E-state index in [1.165, 1.54) is 5.56 Å². The molecular weight excluding hydrogens is 366 g/mol. The maximum absolute atomic E-state index is 12.9. The molecular formula is C21H27N7O. The second kappa shape index (κ2) is 8.16. The van der Waals surface area contributed by atoms with Gasteiger partial charge in [-0.1, -0.05) is 0 Å². The van der Waals surface area contributed by atoms with Gasteiger partial charge in [-0.2, -0.15) is 10.2 Å². The molecule has 1 fully saturated rings. The van der Waals surface area contributed by atoms with E-state index in [4.69, 9.17) is 0 Å². The third kappa shape index (κ3) is 4.07. The Morgan fingerprint density at radius 2 is 1.86 bits per heavy atom. The molecule has 0 saturated carbocycles. The predicted octanol–water partition coefficient (Wildman–Crippen LogP) is 1.82. The van der Waals surface area contributed by atoms with Crippen LogP contribution in [0.15, 0.2) is 30.6 Å². The molecule has 0 spiro atoms. The molecule has 0 unspecified atom stereocenters. The Morgan fingerprint density at radius 3 is 2.52 bits per heavy atom. The molecule has 1 saturated heterocycles. The first kappa shape index (κ1) is 19.3. The molecule has 0 radical (unpaired) electrons. The average molecular weight is 393 g/mol. The molecule has 0 bridgehead atoms. The average Bonchev–Trinajstić information content (AvgIpc) is 3.31. The van der Waals surface area contributed by atoms with E-state index in [1.54, 1.807) is 0 Å². The summed E-state index contributed by atoms with van der Waals surface area (Å²) in [5, 5.41) is 11.7. The molecule has 0 aromatic carbocycles. The maximum atomic E-state index is 12.9. The fourth-order valence-electron chi connectivity index (χ4n) is 3.89. The van der Waals surface area contributed by atoms with E-state index < -0.39 is 0 Å². The number of carbonyl (C=O) groups excluding carboxylic acids is 1. The van der Waals surface area contributed by atoms with Crippen LogP contribution < -0.4 is 0 Å².